The van der Waals surface area contributed by atoms with Gasteiger partial charge in [-0.25, -0.2) is 14.3 Å². The van der Waals surface area contributed by atoms with Gasteiger partial charge in [0.15, 0.2) is 5.13 Å². The monoisotopic (exact) mass is 428 g/mol. The highest BCUT2D eigenvalue weighted by atomic mass is 32.2. The molecule has 0 radical (unpaired) electrons. The van der Waals surface area contributed by atoms with Gasteiger partial charge in [-0.2, -0.15) is 0 Å². The normalized spacial score (nSPS) is 11.1. The van der Waals surface area contributed by atoms with Crippen molar-refractivity contribution in [3.05, 3.63) is 68.2 Å². The molecular formula is C19H16N4O4S2. The Morgan fingerprint density at radius 1 is 1.24 bits per heavy atom. The molecule has 0 aliphatic heterocycles. The van der Waals surface area contributed by atoms with Crippen molar-refractivity contribution in [1.29, 1.82) is 0 Å². The van der Waals surface area contributed by atoms with Crippen LogP contribution in [0.5, 0.6) is 0 Å². The Balaban J connectivity index is 1.86. The van der Waals surface area contributed by atoms with Gasteiger partial charge in [-0.15, -0.1) is 11.8 Å². The van der Waals surface area contributed by atoms with Crippen LogP contribution in [0.2, 0.25) is 0 Å². The Kier molecular flexibility index (Phi) is 4.89. The summed E-state index contributed by atoms with van der Waals surface area (Å²) in [6.07, 6.45) is 1.93. The van der Waals surface area contributed by atoms with Crippen LogP contribution in [0.15, 0.2) is 48.5 Å². The van der Waals surface area contributed by atoms with Crippen LogP contribution in [0.1, 0.15) is 21.8 Å². The van der Waals surface area contributed by atoms with E-state index in [1.807, 2.05) is 13.2 Å². The number of aryl methyl sites for hydroxylation is 2. The lowest BCUT2D eigenvalue weighted by atomic mass is 10.2. The Morgan fingerprint density at radius 3 is 2.62 bits per heavy atom. The van der Waals surface area contributed by atoms with Crippen molar-refractivity contribution in [3.63, 3.8) is 0 Å². The van der Waals surface area contributed by atoms with Crippen LogP contribution in [0.25, 0.3) is 16.8 Å². The summed E-state index contributed by atoms with van der Waals surface area (Å²) in [6, 6.07) is 8.48. The molecule has 0 atom stereocenters. The van der Waals surface area contributed by atoms with Gasteiger partial charge >= 0.3 is 5.69 Å². The summed E-state index contributed by atoms with van der Waals surface area (Å²) in [5.74, 6) is -0.291. The maximum Gasteiger partial charge on any atom is 0.335 e. The number of thiazole rings is 1. The second kappa shape index (κ2) is 7.37. The molecule has 3 heterocycles. The van der Waals surface area contributed by atoms with E-state index in [9.17, 15) is 14.4 Å². The molecule has 0 saturated carbocycles. The Bertz CT molecular complexity index is 1350. The third-order valence-electron chi connectivity index (χ3n) is 4.33. The number of H-pyrrole nitrogens is 1. The maximum absolute atomic E-state index is 13.1. The fraction of sp³-hybridized carbons (Fsp3) is 0.158. The molecule has 29 heavy (non-hydrogen) atoms. The topological polar surface area (TPSA) is 110 Å². The molecule has 1 amide bonds. The highest BCUT2D eigenvalue weighted by molar-refractivity contribution is 8.00. The number of carbonyl (C=O) groups is 1. The quantitative estimate of drug-likeness (QED) is 0.483. The molecule has 148 valence electrons. The van der Waals surface area contributed by atoms with Crippen LogP contribution in [-0.4, -0.2) is 26.7 Å². The summed E-state index contributed by atoms with van der Waals surface area (Å²) in [5.41, 5.74) is -0.0144. The van der Waals surface area contributed by atoms with Crippen molar-refractivity contribution >= 4 is 45.2 Å². The predicted octanol–water partition coefficient (Wildman–Crippen LogP) is 3.32. The number of hydrogen-bond donors (Lipinski definition) is 2. The number of rotatable bonds is 4. The van der Waals surface area contributed by atoms with Crippen molar-refractivity contribution in [1.82, 2.24) is 14.5 Å². The van der Waals surface area contributed by atoms with E-state index in [2.05, 4.69) is 15.3 Å². The molecular weight excluding hydrogens is 412 g/mol. The smallest absolute Gasteiger partial charge is 0.335 e. The lowest BCUT2D eigenvalue weighted by molar-refractivity contribution is 0.102. The van der Waals surface area contributed by atoms with Crippen LogP contribution in [0.3, 0.4) is 0 Å². The van der Waals surface area contributed by atoms with E-state index in [1.165, 1.54) is 11.3 Å². The first kappa shape index (κ1) is 19.2. The molecule has 0 aliphatic carbocycles. The van der Waals surface area contributed by atoms with Crippen LogP contribution < -0.4 is 16.6 Å². The van der Waals surface area contributed by atoms with Crippen LogP contribution in [-0.2, 0) is 0 Å². The molecule has 0 unspecified atom stereocenters. The van der Waals surface area contributed by atoms with E-state index in [4.69, 9.17) is 4.42 Å². The zero-order valence-corrected chi connectivity index (χ0v) is 17.4. The number of aromatic nitrogens is 3. The summed E-state index contributed by atoms with van der Waals surface area (Å²) in [7, 11) is 0. The number of nitrogens with zero attached hydrogens (tertiary/aromatic N) is 2. The summed E-state index contributed by atoms with van der Waals surface area (Å²) in [5, 5.41) is 3.17. The Hall–Kier alpha value is -3.11. The molecule has 0 aliphatic rings. The number of hydrogen-bond acceptors (Lipinski definition) is 7. The first-order valence-corrected chi connectivity index (χ1v) is 10.6. The van der Waals surface area contributed by atoms with Crippen molar-refractivity contribution in [2.45, 2.75) is 18.1 Å². The van der Waals surface area contributed by atoms with Gasteiger partial charge in [-0.3, -0.25) is 19.9 Å². The van der Waals surface area contributed by atoms with Gasteiger partial charge in [0.25, 0.3) is 11.5 Å². The predicted molar refractivity (Wildman–Crippen MR) is 114 cm³/mol. The number of fused-ring (bicyclic) bond motifs is 1. The first-order chi connectivity index (χ1) is 13.9. The zero-order valence-electron chi connectivity index (χ0n) is 15.7. The number of carbonyl (C=O) groups excluding carboxylic acids is 1. The lowest BCUT2D eigenvalue weighted by Crippen LogP contribution is -2.34. The van der Waals surface area contributed by atoms with Gasteiger partial charge < -0.3 is 4.42 Å². The summed E-state index contributed by atoms with van der Waals surface area (Å²) < 4.78 is 7.48. The van der Waals surface area contributed by atoms with E-state index in [0.717, 1.165) is 14.5 Å². The van der Waals surface area contributed by atoms with E-state index in [0.29, 0.717) is 10.8 Å². The molecule has 0 fully saturated rings. The molecule has 3 aromatic heterocycles. The molecule has 2 N–H and O–H groups in total. The second-order valence-electron chi connectivity index (χ2n) is 6.19. The molecule has 4 aromatic rings. The van der Waals surface area contributed by atoms with Crippen LogP contribution in [0.4, 0.5) is 5.13 Å². The SMILES string of the molecule is CSc1sc(NC(=O)c2c(C)oc3[nH]c(=O)n(-c4ccccc4)c(=O)c23)nc1C. The van der Waals surface area contributed by atoms with E-state index < -0.39 is 17.2 Å². The maximum atomic E-state index is 13.1. The molecule has 0 bridgehead atoms. The number of aromatic amines is 1. The summed E-state index contributed by atoms with van der Waals surface area (Å²) in [4.78, 5) is 45.4. The Labute approximate surface area is 172 Å². The molecule has 4 rings (SSSR count). The highest BCUT2D eigenvalue weighted by Gasteiger charge is 2.25. The van der Waals surface area contributed by atoms with Crippen LogP contribution in [0, 0.1) is 13.8 Å². The van der Waals surface area contributed by atoms with Gasteiger partial charge in [-0.1, -0.05) is 29.5 Å². The minimum Gasteiger partial charge on any atom is -0.444 e. The van der Waals surface area contributed by atoms with Crippen LogP contribution >= 0.6 is 23.1 Å². The van der Waals surface area contributed by atoms with Crippen molar-refractivity contribution in [3.8, 4) is 5.69 Å². The number of para-hydroxylation sites is 1. The van der Waals surface area contributed by atoms with Gasteiger partial charge in [0.05, 0.1) is 21.2 Å². The molecule has 0 saturated heterocycles. The fourth-order valence-corrected chi connectivity index (χ4v) is 4.67. The van der Waals surface area contributed by atoms with Crippen molar-refractivity contribution in [2.75, 3.05) is 11.6 Å². The third-order valence-corrected chi connectivity index (χ3v) is 6.61. The first-order valence-electron chi connectivity index (χ1n) is 8.57. The number of benzene rings is 1. The minimum absolute atomic E-state index is 0.0156. The molecule has 0 spiro atoms. The Morgan fingerprint density at radius 2 is 1.97 bits per heavy atom. The van der Waals surface area contributed by atoms with Gasteiger partial charge in [0, 0.05) is 0 Å². The highest BCUT2D eigenvalue weighted by Crippen LogP contribution is 2.31. The van der Waals surface area contributed by atoms with Crippen molar-refractivity contribution in [2.24, 2.45) is 0 Å². The van der Waals surface area contributed by atoms with Crippen molar-refractivity contribution < 1.29 is 9.21 Å². The second-order valence-corrected chi connectivity index (χ2v) is 8.27. The summed E-state index contributed by atoms with van der Waals surface area (Å²) >= 11 is 2.89. The zero-order chi connectivity index (χ0) is 20.7. The fourth-order valence-electron chi connectivity index (χ4n) is 3.06. The average Bonchev–Trinajstić information content (AvgIpc) is 3.21. The molecule has 8 nitrogen and oxygen atoms in total. The molecule has 10 heteroatoms. The number of furan rings is 1. The number of nitrogens with one attached hydrogen (secondary N) is 2. The standard InChI is InChI=1S/C19H16N4O4S2/c1-9-17(28-3)29-18(20-9)21-14(24)12-10(2)27-15-13(12)16(25)23(19(26)22-15)11-7-5-4-6-8-11/h4-8H,1-3H3,(H,22,26)(H,20,21,24). The third kappa shape index (κ3) is 3.30. The van der Waals surface area contributed by atoms with E-state index >= 15 is 0 Å². The van der Waals surface area contributed by atoms with E-state index in [-0.39, 0.29) is 22.4 Å². The number of thioether (sulfide) groups is 1. The van der Waals surface area contributed by atoms with Gasteiger partial charge in [-0.05, 0) is 32.2 Å². The van der Waals surface area contributed by atoms with Gasteiger partial charge in [0.1, 0.15) is 11.1 Å². The molecule has 1 aromatic carbocycles. The number of amides is 1. The van der Waals surface area contributed by atoms with Gasteiger partial charge in [0.2, 0.25) is 5.71 Å². The largest absolute Gasteiger partial charge is 0.444 e. The number of anilines is 1. The minimum atomic E-state index is -0.644. The lowest BCUT2D eigenvalue weighted by Gasteiger charge is -2.05. The summed E-state index contributed by atoms with van der Waals surface area (Å²) in [6.45, 7) is 3.43. The average molecular weight is 428 g/mol. The van der Waals surface area contributed by atoms with E-state index in [1.54, 1.807) is 49.0 Å².